The van der Waals surface area contributed by atoms with Crippen molar-refractivity contribution in [3.63, 3.8) is 0 Å². The molecule has 1 heteroatoms. The molecule has 0 aliphatic heterocycles. The fourth-order valence-electron chi connectivity index (χ4n) is 5.40. The van der Waals surface area contributed by atoms with Gasteiger partial charge < -0.3 is 4.57 Å². The van der Waals surface area contributed by atoms with E-state index in [-0.39, 0.29) is 0 Å². The summed E-state index contributed by atoms with van der Waals surface area (Å²) in [5, 5.41) is 5.11. The maximum Gasteiger partial charge on any atom is 0.0548 e. The third kappa shape index (κ3) is 2.70. The van der Waals surface area contributed by atoms with E-state index in [2.05, 4.69) is 126 Å². The summed E-state index contributed by atoms with van der Waals surface area (Å²) in [5.41, 5.74) is 16.1. The van der Waals surface area contributed by atoms with Crippen molar-refractivity contribution in [1.29, 1.82) is 0 Å². The lowest BCUT2D eigenvalue weighted by Crippen LogP contribution is -1.98. The predicted molar refractivity (Wildman–Crippen MR) is 144 cm³/mol. The number of benzene rings is 5. The maximum atomic E-state index is 3.19. The van der Waals surface area contributed by atoms with E-state index < -0.39 is 0 Å². The molecule has 158 valence electrons. The van der Waals surface area contributed by atoms with E-state index in [1.807, 2.05) is 6.08 Å². The van der Waals surface area contributed by atoms with Crippen LogP contribution in [0.1, 0.15) is 16.7 Å². The van der Waals surface area contributed by atoms with Crippen molar-refractivity contribution in [1.82, 2.24) is 4.57 Å². The molecule has 1 nitrogen and oxygen atoms in total. The van der Waals surface area contributed by atoms with Crippen LogP contribution in [0.5, 0.6) is 0 Å². The zero-order chi connectivity index (χ0) is 22.6. The first-order valence-corrected chi connectivity index (χ1v) is 11.6. The fraction of sp³-hybridized carbons (Fsp3) is 0.0303. The summed E-state index contributed by atoms with van der Waals surface area (Å²) in [7, 11) is 0. The molecule has 0 saturated heterocycles. The minimum Gasteiger partial charge on any atom is -0.309 e. The van der Waals surface area contributed by atoms with Gasteiger partial charge in [-0.25, -0.2) is 0 Å². The molecule has 0 atom stereocenters. The highest BCUT2D eigenvalue weighted by molar-refractivity contribution is 6.24. The van der Waals surface area contributed by atoms with Crippen molar-refractivity contribution >= 4 is 44.7 Å². The molecule has 1 aliphatic rings. The molecule has 0 bridgehead atoms. The van der Waals surface area contributed by atoms with Crippen molar-refractivity contribution in [3.8, 4) is 16.8 Å². The topological polar surface area (TPSA) is 4.93 Å². The van der Waals surface area contributed by atoms with Gasteiger partial charge in [0.2, 0.25) is 0 Å². The van der Waals surface area contributed by atoms with Gasteiger partial charge in [-0.15, -0.1) is 0 Å². The minimum absolute atomic E-state index is 1.19. The van der Waals surface area contributed by atoms with Crippen LogP contribution in [0, 0.1) is 6.92 Å². The monoisotopic (exact) mass is 431 g/mol. The van der Waals surface area contributed by atoms with E-state index in [0.29, 0.717) is 0 Å². The second kappa shape index (κ2) is 7.24. The van der Waals surface area contributed by atoms with Gasteiger partial charge in [-0.2, -0.15) is 0 Å². The Morgan fingerprint density at radius 1 is 0.618 bits per heavy atom. The van der Waals surface area contributed by atoms with Crippen molar-refractivity contribution < 1.29 is 0 Å². The third-order valence-corrected chi connectivity index (χ3v) is 6.97. The summed E-state index contributed by atoms with van der Waals surface area (Å²) in [6, 6.07) is 35.0. The summed E-state index contributed by atoms with van der Waals surface area (Å²) < 4.78 is 2.43. The molecule has 1 heterocycles. The van der Waals surface area contributed by atoms with Crippen LogP contribution >= 0.6 is 0 Å². The normalized spacial score (nSPS) is 12.1. The summed E-state index contributed by atoms with van der Waals surface area (Å²) in [5.74, 6) is 0. The highest BCUT2D eigenvalue weighted by Crippen LogP contribution is 2.41. The van der Waals surface area contributed by atoms with Crippen molar-refractivity contribution in [2.75, 3.05) is 0 Å². The Labute approximate surface area is 198 Å². The van der Waals surface area contributed by atoms with Gasteiger partial charge >= 0.3 is 0 Å². The zero-order valence-electron chi connectivity index (χ0n) is 18.8. The molecule has 0 amide bonds. The molecular weight excluding hydrogens is 410 g/mol. The average Bonchev–Trinajstić information content (AvgIpc) is 3.24. The number of nitrogens with zero attached hydrogens (tertiary/aromatic N) is 1. The van der Waals surface area contributed by atoms with Crippen LogP contribution in [0.4, 0.5) is 0 Å². The Bertz CT molecular complexity index is 1870. The molecular formula is C33H21N. The van der Waals surface area contributed by atoms with Crippen molar-refractivity contribution in [3.05, 3.63) is 125 Å². The highest BCUT2D eigenvalue weighted by Gasteiger charge is 2.19. The molecule has 0 unspecified atom stereocenters. The number of aromatic nitrogens is 1. The number of hydrogen-bond donors (Lipinski definition) is 0. The Morgan fingerprint density at radius 3 is 2.26 bits per heavy atom. The quantitative estimate of drug-likeness (QED) is 0.241. The molecule has 0 spiro atoms. The Kier molecular flexibility index (Phi) is 4.04. The second-order valence-corrected chi connectivity index (χ2v) is 8.92. The molecule has 0 N–H and O–H groups in total. The molecule has 1 aromatic heterocycles. The van der Waals surface area contributed by atoms with Crippen LogP contribution < -0.4 is 0 Å². The lowest BCUT2D eigenvalue weighted by atomic mass is 9.96. The van der Waals surface area contributed by atoms with Gasteiger partial charge in [0.25, 0.3) is 0 Å². The predicted octanol–water partition coefficient (Wildman–Crippen LogP) is 8.71. The van der Waals surface area contributed by atoms with Crippen LogP contribution in [-0.4, -0.2) is 4.57 Å². The van der Waals surface area contributed by atoms with Gasteiger partial charge in [0.1, 0.15) is 0 Å². The smallest absolute Gasteiger partial charge is 0.0548 e. The third-order valence-electron chi connectivity index (χ3n) is 6.97. The first-order valence-electron chi connectivity index (χ1n) is 11.6. The SMILES string of the molecule is Cc1cc(-c2ccccc2)ccc1-n1c2ccc3c(c2c2c4ccccc4ccc21)C=C=C=C3. The summed E-state index contributed by atoms with van der Waals surface area (Å²) in [6.07, 6.45) is 4.11. The largest absolute Gasteiger partial charge is 0.309 e. The van der Waals surface area contributed by atoms with E-state index in [9.17, 15) is 0 Å². The lowest BCUT2D eigenvalue weighted by molar-refractivity contribution is 1.15. The number of rotatable bonds is 2. The maximum absolute atomic E-state index is 3.19. The molecule has 0 fully saturated rings. The van der Waals surface area contributed by atoms with Crippen LogP contribution in [0.25, 0.3) is 61.5 Å². The second-order valence-electron chi connectivity index (χ2n) is 8.92. The number of fused-ring (bicyclic) bond motifs is 7. The van der Waals surface area contributed by atoms with Crippen LogP contribution in [-0.2, 0) is 0 Å². The van der Waals surface area contributed by atoms with Gasteiger partial charge in [0.05, 0.1) is 11.0 Å². The summed E-state index contributed by atoms with van der Waals surface area (Å²) >= 11 is 0. The van der Waals surface area contributed by atoms with Crippen LogP contribution in [0.3, 0.4) is 0 Å². The van der Waals surface area contributed by atoms with Gasteiger partial charge in [-0.05, 0) is 76.4 Å². The van der Waals surface area contributed by atoms with E-state index in [1.165, 1.54) is 66.1 Å². The van der Waals surface area contributed by atoms with E-state index in [1.54, 1.807) is 0 Å². The lowest BCUT2D eigenvalue weighted by Gasteiger charge is -2.14. The van der Waals surface area contributed by atoms with Gasteiger partial charge in [-0.3, -0.25) is 0 Å². The van der Waals surface area contributed by atoms with E-state index >= 15 is 0 Å². The Hall–Kier alpha value is -4.54. The molecule has 5 aromatic carbocycles. The molecule has 1 aliphatic carbocycles. The Morgan fingerprint density at radius 2 is 1.38 bits per heavy atom. The van der Waals surface area contributed by atoms with Crippen molar-refractivity contribution in [2.24, 2.45) is 0 Å². The molecule has 7 rings (SSSR count). The first kappa shape index (κ1) is 19.0. The average molecular weight is 432 g/mol. The molecule has 0 saturated carbocycles. The summed E-state index contributed by atoms with van der Waals surface area (Å²) in [4.78, 5) is 0. The van der Waals surface area contributed by atoms with Crippen LogP contribution in [0.2, 0.25) is 0 Å². The zero-order valence-corrected chi connectivity index (χ0v) is 18.8. The summed E-state index contributed by atoms with van der Waals surface area (Å²) in [6.45, 7) is 2.21. The van der Waals surface area contributed by atoms with E-state index in [0.717, 1.165) is 0 Å². The first-order chi connectivity index (χ1) is 16.8. The fourth-order valence-corrected chi connectivity index (χ4v) is 5.40. The molecule has 0 radical (unpaired) electrons. The molecule has 34 heavy (non-hydrogen) atoms. The minimum atomic E-state index is 1.19. The standard InChI is InChI=1S/C33H21N/c1-22-21-26(23-9-3-2-4-10-23)17-18-29(22)34-30-19-15-24-11-5-7-13-27(24)32(30)33-28-14-8-6-12-25(28)16-20-31(33)34/h2-5,7,9-21H,1H3. The number of hydrogen-bond acceptors (Lipinski definition) is 0. The van der Waals surface area contributed by atoms with E-state index in [4.69, 9.17) is 0 Å². The van der Waals surface area contributed by atoms with Gasteiger partial charge in [-0.1, -0.05) is 84.3 Å². The van der Waals surface area contributed by atoms with Crippen LogP contribution in [0.15, 0.2) is 109 Å². The van der Waals surface area contributed by atoms with Crippen molar-refractivity contribution in [2.45, 2.75) is 6.92 Å². The Balaban J connectivity index is 1.60. The van der Waals surface area contributed by atoms with Gasteiger partial charge in [0, 0.05) is 22.0 Å². The number of aryl methyl sites for hydroxylation is 1. The molecule has 6 aromatic rings. The van der Waals surface area contributed by atoms with Gasteiger partial charge in [0.15, 0.2) is 0 Å². The highest BCUT2D eigenvalue weighted by atomic mass is 15.0.